The summed E-state index contributed by atoms with van der Waals surface area (Å²) in [6.07, 6.45) is 8.86. The van der Waals surface area contributed by atoms with Gasteiger partial charge in [-0.1, -0.05) is 46.5 Å². The zero-order valence-corrected chi connectivity index (χ0v) is 14.0. The number of alkyl halides is 1. The number of hydrogen-bond donors (Lipinski definition) is 2. The quantitative estimate of drug-likeness (QED) is 0.439. The van der Waals surface area contributed by atoms with E-state index in [4.69, 9.17) is 0 Å². The number of unbranched alkanes of at least 4 members (excludes halogenated alkanes) is 3. The minimum atomic E-state index is -0.672. The summed E-state index contributed by atoms with van der Waals surface area (Å²) in [5.74, 6) is 0.858. The molecule has 0 rings (SSSR count). The van der Waals surface area contributed by atoms with Crippen LogP contribution in [0.15, 0.2) is 0 Å². The first-order valence-corrected chi connectivity index (χ1v) is 8.79. The molecular weight excluding hydrogens is 251 g/mol. The van der Waals surface area contributed by atoms with Crippen molar-refractivity contribution in [2.45, 2.75) is 78.3 Å². The summed E-state index contributed by atoms with van der Waals surface area (Å²) < 4.78 is 12.9. The van der Waals surface area contributed by atoms with Gasteiger partial charge in [-0.15, -0.1) is 0 Å². The first kappa shape index (κ1) is 19.9. The first-order chi connectivity index (χ1) is 9.74. The van der Waals surface area contributed by atoms with Crippen LogP contribution in [0.1, 0.15) is 72.1 Å². The third-order valence-electron chi connectivity index (χ3n) is 3.97. The smallest absolute Gasteiger partial charge is 0.112 e. The Morgan fingerprint density at radius 3 is 1.90 bits per heavy atom. The lowest BCUT2D eigenvalue weighted by Crippen LogP contribution is -2.24. The van der Waals surface area contributed by atoms with Crippen LogP contribution in [0.3, 0.4) is 0 Å². The average Bonchev–Trinajstić information content (AvgIpc) is 2.47. The van der Waals surface area contributed by atoms with Crippen LogP contribution in [0.2, 0.25) is 0 Å². The highest BCUT2D eigenvalue weighted by atomic mass is 19.1. The molecule has 122 valence electrons. The van der Waals surface area contributed by atoms with Crippen LogP contribution in [0.4, 0.5) is 4.39 Å². The van der Waals surface area contributed by atoms with Gasteiger partial charge in [0.1, 0.15) is 6.17 Å². The molecule has 2 unspecified atom stereocenters. The van der Waals surface area contributed by atoms with Crippen LogP contribution in [0.25, 0.3) is 0 Å². The third kappa shape index (κ3) is 12.9. The monoisotopic (exact) mass is 288 g/mol. The summed E-state index contributed by atoms with van der Waals surface area (Å²) in [5, 5.41) is 6.76. The Hall–Kier alpha value is -0.150. The van der Waals surface area contributed by atoms with Gasteiger partial charge in [-0.25, -0.2) is 4.39 Å². The Morgan fingerprint density at radius 1 is 0.800 bits per heavy atom. The summed E-state index contributed by atoms with van der Waals surface area (Å²) in [7, 11) is 0. The van der Waals surface area contributed by atoms with E-state index in [1.807, 2.05) is 6.92 Å². The van der Waals surface area contributed by atoms with Crippen LogP contribution >= 0.6 is 0 Å². The molecule has 2 nitrogen and oxygen atoms in total. The summed E-state index contributed by atoms with van der Waals surface area (Å²) in [5.41, 5.74) is 0. The molecule has 0 amide bonds. The predicted molar refractivity (Wildman–Crippen MR) is 88.1 cm³/mol. The summed E-state index contributed by atoms with van der Waals surface area (Å²) in [6, 6.07) is 0. The lowest BCUT2D eigenvalue weighted by molar-refractivity contribution is 0.310. The molecule has 0 heterocycles. The predicted octanol–water partition coefficient (Wildman–Crippen LogP) is 4.30. The van der Waals surface area contributed by atoms with Crippen LogP contribution in [0, 0.1) is 5.92 Å². The molecule has 0 aliphatic rings. The second kappa shape index (κ2) is 15.2. The Balaban J connectivity index is 3.16. The SMILES string of the molecule is CCCC(CC)CNCCCCCCNCC(F)CC. The van der Waals surface area contributed by atoms with Gasteiger partial charge < -0.3 is 10.6 Å². The van der Waals surface area contributed by atoms with Crippen molar-refractivity contribution in [3.8, 4) is 0 Å². The highest BCUT2D eigenvalue weighted by Crippen LogP contribution is 2.09. The van der Waals surface area contributed by atoms with E-state index < -0.39 is 6.17 Å². The maximum Gasteiger partial charge on any atom is 0.112 e. The topological polar surface area (TPSA) is 24.1 Å². The second-order valence-electron chi connectivity index (χ2n) is 5.89. The Bertz CT molecular complexity index is 188. The van der Waals surface area contributed by atoms with E-state index in [0.717, 1.165) is 19.0 Å². The van der Waals surface area contributed by atoms with E-state index >= 15 is 0 Å². The average molecular weight is 288 g/mol. The van der Waals surface area contributed by atoms with Crippen molar-refractivity contribution in [2.24, 2.45) is 5.92 Å². The fourth-order valence-electron chi connectivity index (χ4n) is 2.42. The fraction of sp³-hybridized carbons (Fsp3) is 1.00. The second-order valence-corrected chi connectivity index (χ2v) is 5.89. The van der Waals surface area contributed by atoms with E-state index in [1.54, 1.807) is 0 Å². The molecule has 20 heavy (non-hydrogen) atoms. The van der Waals surface area contributed by atoms with Crippen LogP contribution in [0.5, 0.6) is 0 Å². The number of rotatable bonds is 15. The van der Waals surface area contributed by atoms with Crippen molar-refractivity contribution < 1.29 is 4.39 Å². The number of hydrogen-bond acceptors (Lipinski definition) is 2. The molecule has 0 aliphatic heterocycles. The lowest BCUT2D eigenvalue weighted by atomic mass is 10.0. The molecule has 3 heteroatoms. The molecule has 0 saturated carbocycles. The molecule has 0 saturated heterocycles. The first-order valence-electron chi connectivity index (χ1n) is 8.79. The Labute approximate surface area is 126 Å². The van der Waals surface area contributed by atoms with E-state index in [0.29, 0.717) is 13.0 Å². The van der Waals surface area contributed by atoms with Crippen molar-refractivity contribution in [1.82, 2.24) is 10.6 Å². The van der Waals surface area contributed by atoms with Gasteiger partial charge in [0.2, 0.25) is 0 Å². The molecule has 0 radical (unpaired) electrons. The number of halogens is 1. The van der Waals surface area contributed by atoms with Gasteiger partial charge in [0.15, 0.2) is 0 Å². The van der Waals surface area contributed by atoms with Crippen LogP contribution < -0.4 is 10.6 Å². The minimum absolute atomic E-state index is 0.522. The normalized spacial score (nSPS) is 14.4. The van der Waals surface area contributed by atoms with Gasteiger partial charge in [-0.05, 0) is 51.2 Å². The van der Waals surface area contributed by atoms with E-state index in [1.165, 1.54) is 51.5 Å². The molecule has 0 aromatic rings. The van der Waals surface area contributed by atoms with Crippen molar-refractivity contribution in [3.05, 3.63) is 0 Å². The van der Waals surface area contributed by atoms with Crippen molar-refractivity contribution >= 4 is 0 Å². The highest BCUT2D eigenvalue weighted by Gasteiger charge is 2.03. The number of nitrogens with one attached hydrogen (secondary N) is 2. The molecular formula is C17H37FN2. The molecule has 2 N–H and O–H groups in total. The Morgan fingerprint density at radius 2 is 1.40 bits per heavy atom. The summed E-state index contributed by atoms with van der Waals surface area (Å²) >= 11 is 0. The van der Waals surface area contributed by atoms with Crippen molar-refractivity contribution in [2.75, 3.05) is 26.2 Å². The van der Waals surface area contributed by atoms with Crippen LogP contribution in [-0.4, -0.2) is 32.4 Å². The molecule has 0 fully saturated rings. The van der Waals surface area contributed by atoms with Gasteiger partial charge >= 0.3 is 0 Å². The molecule has 0 aliphatic carbocycles. The molecule has 0 bridgehead atoms. The van der Waals surface area contributed by atoms with Gasteiger partial charge in [0, 0.05) is 6.54 Å². The van der Waals surface area contributed by atoms with Gasteiger partial charge in [-0.2, -0.15) is 0 Å². The fourth-order valence-corrected chi connectivity index (χ4v) is 2.42. The molecule has 0 spiro atoms. The zero-order valence-electron chi connectivity index (χ0n) is 14.0. The molecule has 0 aromatic heterocycles. The summed E-state index contributed by atoms with van der Waals surface area (Å²) in [6.45, 7) is 10.3. The molecule has 2 atom stereocenters. The third-order valence-corrected chi connectivity index (χ3v) is 3.97. The maximum absolute atomic E-state index is 12.9. The van der Waals surface area contributed by atoms with Gasteiger partial charge in [0.05, 0.1) is 0 Å². The van der Waals surface area contributed by atoms with E-state index in [2.05, 4.69) is 24.5 Å². The van der Waals surface area contributed by atoms with E-state index in [-0.39, 0.29) is 0 Å². The Kier molecular flexibility index (Phi) is 15.1. The molecule has 0 aromatic carbocycles. The minimum Gasteiger partial charge on any atom is -0.316 e. The largest absolute Gasteiger partial charge is 0.316 e. The standard InChI is InChI=1S/C17H37FN2/c1-4-11-16(5-2)14-19-12-9-7-8-10-13-20-15-17(18)6-3/h16-17,19-20H,4-15H2,1-3H3. The van der Waals surface area contributed by atoms with Gasteiger partial charge in [0.25, 0.3) is 0 Å². The zero-order chi connectivity index (χ0) is 15.1. The summed E-state index contributed by atoms with van der Waals surface area (Å²) in [4.78, 5) is 0. The lowest BCUT2D eigenvalue weighted by Gasteiger charge is -2.14. The van der Waals surface area contributed by atoms with Crippen LogP contribution in [-0.2, 0) is 0 Å². The van der Waals surface area contributed by atoms with Crippen molar-refractivity contribution in [3.63, 3.8) is 0 Å². The van der Waals surface area contributed by atoms with Crippen molar-refractivity contribution in [1.29, 1.82) is 0 Å². The van der Waals surface area contributed by atoms with Gasteiger partial charge in [-0.3, -0.25) is 0 Å². The van der Waals surface area contributed by atoms with E-state index in [9.17, 15) is 4.39 Å². The maximum atomic E-state index is 12.9. The highest BCUT2D eigenvalue weighted by molar-refractivity contribution is 4.61.